The van der Waals surface area contributed by atoms with E-state index in [4.69, 9.17) is 0 Å². The van der Waals surface area contributed by atoms with Gasteiger partial charge < -0.3 is 9.84 Å². The van der Waals surface area contributed by atoms with E-state index in [9.17, 15) is 9.90 Å². The molecule has 0 aliphatic carbocycles. The zero-order valence-electron chi connectivity index (χ0n) is 6.75. The number of aliphatic hydroxyl groups is 1. The van der Waals surface area contributed by atoms with Gasteiger partial charge in [-0.15, -0.1) is 0 Å². The molecule has 1 fully saturated rings. The van der Waals surface area contributed by atoms with Gasteiger partial charge >= 0.3 is 5.97 Å². The third kappa shape index (κ3) is 1.93. The van der Waals surface area contributed by atoms with Gasteiger partial charge in [0, 0.05) is 5.92 Å². The fraction of sp³-hybridized carbons (Fsp3) is 0.875. The minimum Gasteiger partial charge on any atom is -0.463 e. The fourth-order valence-corrected chi connectivity index (χ4v) is 1.27. The number of cyclic esters (lactones) is 1. The van der Waals surface area contributed by atoms with Crippen molar-refractivity contribution in [1.29, 1.82) is 0 Å². The maximum atomic E-state index is 10.7. The Morgan fingerprint density at radius 3 is 2.91 bits per heavy atom. The number of carbonyl (C=O) groups excluding carboxylic acids is 1. The number of hydrogen-bond donors (Lipinski definition) is 1. The zero-order valence-corrected chi connectivity index (χ0v) is 6.75. The van der Waals surface area contributed by atoms with Gasteiger partial charge in [0.1, 0.15) is 0 Å². The predicted molar refractivity (Wildman–Crippen MR) is 40.0 cm³/mol. The Balaban J connectivity index is 2.30. The number of aliphatic hydroxyl groups excluding tert-OH is 1. The van der Waals surface area contributed by atoms with Crippen LogP contribution in [0.4, 0.5) is 0 Å². The van der Waals surface area contributed by atoms with Gasteiger partial charge in [-0.3, -0.25) is 0 Å². The highest BCUT2D eigenvalue weighted by atomic mass is 16.6. The van der Waals surface area contributed by atoms with E-state index in [1.165, 1.54) is 0 Å². The average Bonchev–Trinajstić information content (AvgIpc) is 2.31. The molecule has 0 aromatic rings. The van der Waals surface area contributed by atoms with Gasteiger partial charge in [0.05, 0.1) is 6.61 Å². The molecular formula is C8H14O3. The molecule has 0 aromatic carbocycles. The van der Waals surface area contributed by atoms with E-state index in [0.29, 0.717) is 6.61 Å². The second-order valence-electron chi connectivity index (χ2n) is 2.98. The van der Waals surface area contributed by atoms with Crippen molar-refractivity contribution in [2.45, 2.75) is 32.3 Å². The monoisotopic (exact) mass is 158 g/mol. The Hall–Kier alpha value is -0.570. The summed E-state index contributed by atoms with van der Waals surface area (Å²) in [6, 6.07) is 0. The SMILES string of the molecule is CCCC[C@H]1COC(=O)[C@@H]1O. The molecule has 3 nitrogen and oxygen atoms in total. The highest BCUT2D eigenvalue weighted by molar-refractivity contribution is 5.76. The van der Waals surface area contributed by atoms with Gasteiger partial charge in [-0.1, -0.05) is 19.8 Å². The third-order valence-corrected chi connectivity index (χ3v) is 2.06. The summed E-state index contributed by atoms with van der Waals surface area (Å²) >= 11 is 0. The van der Waals surface area contributed by atoms with Crippen molar-refractivity contribution in [3.05, 3.63) is 0 Å². The lowest BCUT2D eigenvalue weighted by Gasteiger charge is -2.07. The number of carbonyl (C=O) groups is 1. The van der Waals surface area contributed by atoms with E-state index in [1.54, 1.807) is 0 Å². The second-order valence-corrected chi connectivity index (χ2v) is 2.98. The van der Waals surface area contributed by atoms with Crippen molar-refractivity contribution in [2.24, 2.45) is 5.92 Å². The Morgan fingerprint density at radius 1 is 1.73 bits per heavy atom. The maximum absolute atomic E-state index is 10.7. The van der Waals surface area contributed by atoms with Crippen molar-refractivity contribution in [3.63, 3.8) is 0 Å². The van der Waals surface area contributed by atoms with Crippen LogP contribution in [0.25, 0.3) is 0 Å². The molecular weight excluding hydrogens is 144 g/mol. The molecule has 0 aromatic heterocycles. The van der Waals surface area contributed by atoms with Crippen LogP contribution in [0.3, 0.4) is 0 Å². The van der Waals surface area contributed by atoms with Crippen molar-refractivity contribution >= 4 is 5.97 Å². The van der Waals surface area contributed by atoms with E-state index in [-0.39, 0.29) is 5.92 Å². The third-order valence-electron chi connectivity index (χ3n) is 2.06. The van der Waals surface area contributed by atoms with Crippen LogP contribution in [0.15, 0.2) is 0 Å². The van der Waals surface area contributed by atoms with E-state index >= 15 is 0 Å². The first-order chi connectivity index (χ1) is 5.25. The van der Waals surface area contributed by atoms with Crippen molar-refractivity contribution in [2.75, 3.05) is 6.61 Å². The summed E-state index contributed by atoms with van der Waals surface area (Å²) in [4.78, 5) is 10.7. The minimum absolute atomic E-state index is 0.0439. The van der Waals surface area contributed by atoms with Gasteiger partial charge in [-0.05, 0) is 6.42 Å². The molecule has 0 saturated carbocycles. The normalized spacial score (nSPS) is 30.5. The lowest BCUT2D eigenvalue weighted by atomic mass is 9.99. The smallest absolute Gasteiger partial charge is 0.335 e. The van der Waals surface area contributed by atoms with Crippen LogP contribution in [-0.2, 0) is 9.53 Å². The van der Waals surface area contributed by atoms with Crippen LogP contribution in [0.5, 0.6) is 0 Å². The summed E-state index contributed by atoms with van der Waals surface area (Å²) < 4.78 is 4.69. The molecule has 0 amide bonds. The number of rotatable bonds is 3. The van der Waals surface area contributed by atoms with Crippen molar-refractivity contribution < 1.29 is 14.6 Å². The summed E-state index contributed by atoms with van der Waals surface area (Å²) in [6.07, 6.45) is 2.18. The Kier molecular flexibility index (Phi) is 2.88. The quantitative estimate of drug-likeness (QED) is 0.615. The summed E-state index contributed by atoms with van der Waals surface area (Å²) in [5, 5.41) is 9.21. The van der Waals surface area contributed by atoms with Crippen molar-refractivity contribution in [1.82, 2.24) is 0 Å². The lowest BCUT2D eigenvalue weighted by molar-refractivity contribution is -0.144. The summed E-state index contributed by atoms with van der Waals surface area (Å²) in [5.74, 6) is -0.409. The molecule has 1 N–H and O–H groups in total. The number of unbranched alkanes of at least 4 members (excludes halogenated alkanes) is 1. The van der Waals surface area contributed by atoms with Crippen LogP contribution in [-0.4, -0.2) is 23.8 Å². The molecule has 64 valence electrons. The number of ether oxygens (including phenoxy) is 1. The number of esters is 1. The van der Waals surface area contributed by atoms with Gasteiger partial charge in [0.15, 0.2) is 6.10 Å². The molecule has 0 spiro atoms. The van der Waals surface area contributed by atoms with Crippen LogP contribution >= 0.6 is 0 Å². The molecule has 0 radical (unpaired) electrons. The summed E-state index contributed by atoms with van der Waals surface area (Å²) in [5.41, 5.74) is 0. The van der Waals surface area contributed by atoms with Crippen LogP contribution < -0.4 is 0 Å². The van der Waals surface area contributed by atoms with Gasteiger partial charge in [0.25, 0.3) is 0 Å². The van der Waals surface area contributed by atoms with Crippen LogP contribution in [0, 0.1) is 5.92 Å². The van der Waals surface area contributed by atoms with Gasteiger partial charge in [-0.2, -0.15) is 0 Å². The minimum atomic E-state index is -0.860. The second kappa shape index (κ2) is 3.72. The average molecular weight is 158 g/mol. The van der Waals surface area contributed by atoms with E-state index in [2.05, 4.69) is 11.7 Å². The van der Waals surface area contributed by atoms with Crippen LogP contribution in [0.1, 0.15) is 26.2 Å². The summed E-state index contributed by atoms with van der Waals surface area (Å²) in [6.45, 7) is 2.49. The van der Waals surface area contributed by atoms with E-state index in [1.807, 2.05) is 0 Å². The molecule has 0 unspecified atom stereocenters. The Morgan fingerprint density at radius 2 is 2.45 bits per heavy atom. The molecule has 3 heteroatoms. The molecule has 1 saturated heterocycles. The largest absolute Gasteiger partial charge is 0.463 e. The Bertz CT molecular complexity index is 144. The molecule has 11 heavy (non-hydrogen) atoms. The van der Waals surface area contributed by atoms with E-state index < -0.39 is 12.1 Å². The number of hydrogen-bond acceptors (Lipinski definition) is 3. The Labute approximate surface area is 66.4 Å². The lowest BCUT2D eigenvalue weighted by Crippen LogP contribution is -2.21. The maximum Gasteiger partial charge on any atom is 0.335 e. The van der Waals surface area contributed by atoms with Gasteiger partial charge in [0.2, 0.25) is 0 Å². The molecule has 1 aliphatic heterocycles. The zero-order chi connectivity index (χ0) is 8.27. The summed E-state index contributed by atoms with van der Waals surface area (Å²) in [7, 11) is 0. The van der Waals surface area contributed by atoms with Crippen molar-refractivity contribution in [3.8, 4) is 0 Å². The fourth-order valence-electron chi connectivity index (χ4n) is 1.27. The first-order valence-corrected chi connectivity index (χ1v) is 4.10. The standard InChI is InChI=1S/C8H14O3/c1-2-3-4-6-5-11-8(10)7(6)9/h6-7,9H,2-5H2,1H3/t6-,7+/m0/s1. The highest BCUT2D eigenvalue weighted by Gasteiger charge is 2.34. The predicted octanol–water partition coefficient (Wildman–Crippen LogP) is 0.710. The van der Waals surface area contributed by atoms with E-state index in [0.717, 1.165) is 19.3 Å². The molecule has 1 heterocycles. The molecule has 0 bridgehead atoms. The van der Waals surface area contributed by atoms with Crippen LogP contribution in [0.2, 0.25) is 0 Å². The topological polar surface area (TPSA) is 46.5 Å². The van der Waals surface area contributed by atoms with Gasteiger partial charge in [-0.25, -0.2) is 4.79 Å². The first-order valence-electron chi connectivity index (χ1n) is 4.10. The highest BCUT2D eigenvalue weighted by Crippen LogP contribution is 2.20. The molecule has 1 rings (SSSR count). The molecule has 1 aliphatic rings. The first kappa shape index (κ1) is 8.53. The molecule has 2 atom stereocenters.